The third-order valence-electron chi connectivity index (χ3n) is 10.6. The molecule has 0 saturated heterocycles. The highest BCUT2D eigenvalue weighted by Gasteiger charge is 2.19. The fourth-order valence-electron chi connectivity index (χ4n) is 6.70. The molecule has 0 amide bonds. The molecule has 0 aliphatic rings. The lowest BCUT2D eigenvalue weighted by Crippen LogP contribution is -2.30. The van der Waals surface area contributed by atoms with Crippen molar-refractivity contribution in [1.82, 2.24) is 0 Å². The Hall–Kier alpha value is -3.67. The van der Waals surface area contributed by atoms with Gasteiger partial charge in [-0.15, -0.1) is 0 Å². The number of ether oxygens (including phenoxy) is 3. The SMILES string of the molecule is CC/C=C\C/C=C\C/C=C\CCCCC(=O)OCC(COC(=O)CCC/C=C\C/C=C\C/C=C\CCCCCCCC)OC(=O)CCCCC/C=C\C=C/CCCCCCCCC. The van der Waals surface area contributed by atoms with E-state index in [9.17, 15) is 14.4 Å². The number of carbonyl (C=O) groups is 3. The molecule has 6 heteroatoms. The molecule has 0 aliphatic carbocycles. The van der Waals surface area contributed by atoms with E-state index in [4.69, 9.17) is 14.2 Å². The maximum absolute atomic E-state index is 12.8. The van der Waals surface area contributed by atoms with Crippen LogP contribution in [0.3, 0.4) is 0 Å². The van der Waals surface area contributed by atoms with Gasteiger partial charge < -0.3 is 14.2 Å². The number of carbonyl (C=O) groups excluding carboxylic acids is 3. The summed E-state index contributed by atoms with van der Waals surface area (Å²) in [6.07, 6.45) is 66.9. The van der Waals surface area contributed by atoms with Gasteiger partial charge in [0.25, 0.3) is 0 Å². The highest BCUT2D eigenvalue weighted by atomic mass is 16.6. The first-order valence-corrected chi connectivity index (χ1v) is 25.8. The van der Waals surface area contributed by atoms with Gasteiger partial charge in [0.05, 0.1) is 0 Å². The molecule has 0 radical (unpaired) electrons. The van der Waals surface area contributed by atoms with Crippen molar-refractivity contribution >= 4 is 17.9 Å². The minimum absolute atomic E-state index is 0.125. The average molecular weight is 875 g/mol. The van der Waals surface area contributed by atoms with Crippen molar-refractivity contribution in [3.05, 3.63) is 97.2 Å². The highest BCUT2D eigenvalue weighted by molar-refractivity contribution is 5.71. The van der Waals surface area contributed by atoms with Crippen LogP contribution in [0.25, 0.3) is 0 Å². The summed E-state index contributed by atoms with van der Waals surface area (Å²) in [6.45, 7) is 6.39. The normalized spacial score (nSPS) is 12.9. The third-order valence-corrected chi connectivity index (χ3v) is 10.6. The molecule has 1 unspecified atom stereocenters. The molecule has 0 aromatic rings. The van der Waals surface area contributed by atoms with Gasteiger partial charge in [0.15, 0.2) is 6.10 Å². The van der Waals surface area contributed by atoms with Crippen LogP contribution in [0, 0.1) is 0 Å². The Balaban J connectivity index is 4.55. The maximum Gasteiger partial charge on any atom is 0.306 e. The van der Waals surface area contributed by atoms with Crippen molar-refractivity contribution in [2.24, 2.45) is 0 Å². The lowest BCUT2D eigenvalue weighted by atomic mass is 10.1. The van der Waals surface area contributed by atoms with Crippen LogP contribution in [0.4, 0.5) is 0 Å². The molecule has 0 fully saturated rings. The Bertz CT molecular complexity index is 1280. The van der Waals surface area contributed by atoms with Gasteiger partial charge in [0.1, 0.15) is 13.2 Å². The first-order chi connectivity index (χ1) is 31.0. The third kappa shape index (κ3) is 49.2. The fraction of sp³-hybridized carbons (Fsp3) is 0.667. The molecule has 0 heterocycles. The summed E-state index contributed by atoms with van der Waals surface area (Å²) in [5, 5.41) is 0. The van der Waals surface area contributed by atoms with E-state index in [-0.39, 0.29) is 44.0 Å². The van der Waals surface area contributed by atoms with Crippen LogP contribution in [0.5, 0.6) is 0 Å². The van der Waals surface area contributed by atoms with E-state index >= 15 is 0 Å². The lowest BCUT2D eigenvalue weighted by Gasteiger charge is -2.18. The Morgan fingerprint density at radius 1 is 0.349 bits per heavy atom. The fourth-order valence-corrected chi connectivity index (χ4v) is 6.70. The molecular weight excluding hydrogens is 781 g/mol. The van der Waals surface area contributed by atoms with E-state index in [0.29, 0.717) is 25.7 Å². The second-order valence-corrected chi connectivity index (χ2v) is 16.7. The minimum atomic E-state index is -0.827. The molecule has 6 nitrogen and oxygen atoms in total. The summed E-state index contributed by atoms with van der Waals surface area (Å²) < 4.78 is 16.7. The maximum atomic E-state index is 12.8. The molecule has 358 valence electrons. The smallest absolute Gasteiger partial charge is 0.306 e. The summed E-state index contributed by atoms with van der Waals surface area (Å²) in [5.74, 6) is -1.05. The molecule has 1 atom stereocenters. The van der Waals surface area contributed by atoms with E-state index in [1.54, 1.807) is 0 Å². The van der Waals surface area contributed by atoms with Gasteiger partial charge in [-0.1, -0.05) is 195 Å². The number of rotatable bonds is 45. The Morgan fingerprint density at radius 2 is 0.683 bits per heavy atom. The van der Waals surface area contributed by atoms with Gasteiger partial charge in [-0.3, -0.25) is 14.4 Å². The zero-order chi connectivity index (χ0) is 45.8. The van der Waals surface area contributed by atoms with Gasteiger partial charge in [-0.05, 0) is 109 Å². The minimum Gasteiger partial charge on any atom is -0.462 e. The predicted molar refractivity (Wildman–Crippen MR) is 270 cm³/mol. The van der Waals surface area contributed by atoms with E-state index in [1.165, 1.54) is 89.9 Å². The van der Waals surface area contributed by atoms with E-state index < -0.39 is 6.10 Å². The molecule has 0 aromatic carbocycles. The van der Waals surface area contributed by atoms with Crippen molar-refractivity contribution in [2.45, 2.75) is 232 Å². The highest BCUT2D eigenvalue weighted by Crippen LogP contribution is 2.12. The number of hydrogen-bond donors (Lipinski definition) is 0. The number of esters is 3. The number of hydrogen-bond acceptors (Lipinski definition) is 6. The molecule has 0 aromatic heterocycles. The topological polar surface area (TPSA) is 78.9 Å². The second kappa shape index (κ2) is 51.0. The van der Waals surface area contributed by atoms with Crippen LogP contribution in [0.2, 0.25) is 0 Å². The van der Waals surface area contributed by atoms with Crippen LogP contribution < -0.4 is 0 Å². The monoisotopic (exact) mass is 875 g/mol. The average Bonchev–Trinajstić information content (AvgIpc) is 3.28. The molecule has 0 saturated carbocycles. The number of allylic oxidation sites excluding steroid dienone is 16. The zero-order valence-corrected chi connectivity index (χ0v) is 40.8. The van der Waals surface area contributed by atoms with Crippen LogP contribution in [-0.2, 0) is 28.6 Å². The van der Waals surface area contributed by atoms with Crippen LogP contribution >= 0.6 is 0 Å². The quantitative estimate of drug-likeness (QED) is 0.0199. The molecule has 0 N–H and O–H groups in total. The molecule has 0 rings (SSSR count). The zero-order valence-electron chi connectivity index (χ0n) is 40.8. The molecule has 0 bridgehead atoms. The van der Waals surface area contributed by atoms with Crippen LogP contribution in [-0.4, -0.2) is 37.2 Å². The molecule has 0 aliphatic heterocycles. The van der Waals surface area contributed by atoms with E-state index in [2.05, 4.69) is 118 Å². The van der Waals surface area contributed by atoms with Crippen molar-refractivity contribution in [3.63, 3.8) is 0 Å². The summed E-state index contributed by atoms with van der Waals surface area (Å²) in [7, 11) is 0. The van der Waals surface area contributed by atoms with Gasteiger partial charge in [0.2, 0.25) is 0 Å². The Labute approximate surface area is 387 Å². The van der Waals surface area contributed by atoms with Crippen molar-refractivity contribution in [3.8, 4) is 0 Å². The van der Waals surface area contributed by atoms with Crippen molar-refractivity contribution in [1.29, 1.82) is 0 Å². The van der Waals surface area contributed by atoms with Crippen molar-refractivity contribution < 1.29 is 28.6 Å². The summed E-state index contributed by atoms with van der Waals surface area (Å²) in [5.41, 5.74) is 0. The summed E-state index contributed by atoms with van der Waals surface area (Å²) in [4.78, 5) is 37.9. The number of unbranched alkanes of at least 4 members (excludes halogenated alkanes) is 19. The first-order valence-electron chi connectivity index (χ1n) is 25.8. The van der Waals surface area contributed by atoms with E-state index in [1.807, 2.05) is 0 Å². The first kappa shape index (κ1) is 59.3. The Morgan fingerprint density at radius 3 is 1.16 bits per heavy atom. The molecule has 0 spiro atoms. The van der Waals surface area contributed by atoms with Gasteiger partial charge in [-0.25, -0.2) is 0 Å². The summed E-state index contributed by atoms with van der Waals surface area (Å²) >= 11 is 0. The van der Waals surface area contributed by atoms with Gasteiger partial charge >= 0.3 is 17.9 Å². The van der Waals surface area contributed by atoms with Crippen molar-refractivity contribution in [2.75, 3.05) is 13.2 Å². The van der Waals surface area contributed by atoms with Crippen LogP contribution in [0.15, 0.2) is 97.2 Å². The molecular formula is C57H94O6. The second-order valence-electron chi connectivity index (χ2n) is 16.7. The van der Waals surface area contributed by atoms with E-state index in [0.717, 1.165) is 77.0 Å². The lowest BCUT2D eigenvalue weighted by molar-refractivity contribution is -0.167. The molecule has 63 heavy (non-hydrogen) atoms. The standard InChI is InChI=1S/C57H94O6/c1-4-7-10-13-16-19-22-25-27-29-31-32-35-38-41-44-47-50-56(59)62-53-54(52-61-55(58)49-46-43-40-37-34-24-21-18-15-12-9-6-3)63-57(60)51-48-45-42-39-36-33-30-28-26-23-20-17-14-11-8-5-2/h9,12,18,21,25,27-28,30-34,36-38,41,54H,4-8,10-11,13-17,19-20,22-24,26,29,35,39-40,42-53H2,1-3H3/b12-9-,21-18-,27-25-,30-28-,32-31-,36-33-,37-34-,41-38-. The predicted octanol–water partition coefficient (Wildman–Crippen LogP) is 17.0. The Kier molecular flexibility index (Phi) is 48.0. The summed E-state index contributed by atoms with van der Waals surface area (Å²) in [6, 6.07) is 0. The van der Waals surface area contributed by atoms with Gasteiger partial charge in [0, 0.05) is 19.3 Å². The van der Waals surface area contributed by atoms with Crippen LogP contribution in [0.1, 0.15) is 226 Å². The largest absolute Gasteiger partial charge is 0.462 e. The van der Waals surface area contributed by atoms with Gasteiger partial charge in [-0.2, -0.15) is 0 Å².